The third-order valence-electron chi connectivity index (χ3n) is 4.08. The Bertz CT molecular complexity index is 552. The largest absolute Gasteiger partial charge is 0.382 e. The summed E-state index contributed by atoms with van der Waals surface area (Å²) in [5, 5.41) is 6.25. The van der Waals surface area contributed by atoms with Crippen LogP contribution in [0, 0.1) is 0 Å². The van der Waals surface area contributed by atoms with Crippen LogP contribution < -0.4 is 5.32 Å². The predicted molar refractivity (Wildman–Crippen MR) is 80.6 cm³/mol. The molecule has 2 nitrogen and oxygen atoms in total. The number of methoxy groups -OCH3 is 1. The second kappa shape index (κ2) is 5.62. The number of nitrogens with one attached hydrogen (secondary N) is 1. The van der Waals surface area contributed by atoms with Crippen LogP contribution in [0.15, 0.2) is 42.5 Å². The summed E-state index contributed by atoms with van der Waals surface area (Å²) in [6.07, 6.45) is 5.23. The molecule has 1 aliphatic rings. The van der Waals surface area contributed by atoms with Gasteiger partial charge in [0, 0.05) is 18.8 Å². The van der Waals surface area contributed by atoms with Gasteiger partial charge in [0.15, 0.2) is 0 Å². The minimum atomic E-state index is 0.423. The Labute approximate surface area is 114 Å². The van der Waals surface area contributed by atoms with Gasteiger partial charge in [0.2, 0.25) is 0 Å². The molecule has 2 atom stereocenters. The van der Waals surface area contributed by atoms with Crippen molar-refractivity contribution in [2.45, 2.75) is 37.8 Å². The Morgan fingerprint density at radius 1 is 1.05 bits per heavy atom. The van der Waals surface area contributed by atoms with E-state index in [1.165, 1.54) is 35.7 Å². The summed E-state index contributed by atoms with van der Waals surface area (Å²) >= 11 is 0. The fraction of sp³-hybridized carbons (Fsp3) is 0.412. The Kier molecular flexibility index (Phi) is 3.69. The van der Waals surface area contributed by atoms with E-state index in [9.17, 15) is 0 Å². The Hall–Kier alpha value is -1.54. The van der Waals surface area contributed by atoms with Crippen molar-refractivity contribution in [2.24, 2.45) is 0 Å². The van der Waals surface area contributed by atoms with Gasteiger partial charge in [0.1, 0.15) is 0 Å². The van der Waals surface area contributed by atoms with Gasteiger partial charge in [-0.2, -0.15) is 0 Å². The Morgan fingerprint density at radius 2 is 1.89 bits per heavy atom. The molecule has 2 aromatic rings. The molecule has 0 bridgehead atoms. The molecule has 0 heterocycles. The average molecular weight is 255 g/mol. The lowest BCUT2D eigenvalue weighted by Gasteiger charge is -2.29. The van der Waals surface area contributed by atoms with E-state index in [0.29, 0.717) is 12.1 Å². The highest BCUT2D eigenvalue weighted by Gasteiger charge is 2.21. The SMILES string of the molecule is COC1CCCC(Nc2ccc3ccccc3c2)C1. The molecule has 100 valence electrons. The van der Waals surface area contributed by atoms with E-state index < -0.39 is 0 Å². The summed E-state index contributed by atoms with van der Waals surface area (Å²) in [7, 11) is 1.82. The molecule has 0 aliphatic heterocycles. The molecule has 3 rings (SSSR count). The smallest absolute Gasteiger partial charge is 0.0590 e. The van der Waals surface area contributed by atoms with Crippen LogP contribution in [0.5, 0.6) is 0 Å². The van der Waals surface area contributed by atoms with Crippen molar-refractivity contribution in [1.29, 1.82) is 0 Å². The van der Waals surface area contributed by atoms with Gasteiger partial charge in [0.25, 0.3) is 0 Å². The number of rotatable bonds is 3. The van der Waals surface area contributed by atoms with E-state index in [-0.39, 0.29) is 0 Å². The van der Waals surface area contributed by atoms with Crippen LogP contribution in [0.25, 0.3) is 10.8 Å². The van der Waals surface area contributed by atoms with Gasteiger partial charge in [-0.1, -0.05) is 30.3 Å². The van der Waals surface area contributed by atoms with E-state index in [1.807, 2.05) is 7.11 Å². The molecule has 2 unspecified atom stereocenters. The van der Waals surface area contributed by atoms with Crippen molar-refractivity contribution in [3.05, 3.63) is 42.5 Å². The van der Waals surface area contributed by atoms with E-state index in [2.05, 4.69) is 47.8 Å². The van der Waals surface area contributed by atoms with E-state index in [1.54, 1.807) is 0 Å². The fourth-order valence-corrected chi connectivity index (χ4v) is 3.00. The van der Waals surface area contributed by atoms with Crippen molar-refractivity contribution in [2.75, 3.05) is 12.4 Å². The first-order chi connectivity index (χ1) is 9.35. The van der Waals surface area contributed by atoms with Gasteiger partial charge in [-0.15, -0.1) is 0 Å². The molecule has 0 radical (unpaired) electrons. The molecule has 1 fully saturated rings. The van der Waals surface area contributed by atoms with Crippen molar-refractivity contribution in [3.8, 4) is 0 Å². The molecule has 0 spiro atoms. The number of hydrogen-bond donors (Lipinski definition) is 1. The quantitative estimate of drug-likeness (QED) is 0.887. The Balaban J connectivity index is 1.74. The average Bonchev–Trinajstić information content (AvgIpc) is 2.47. The standard InChI is InChI=1S/C17H21NO/c1-19-17-8-4-7-15(12-17)18-16-10-9-13-5-2-3-6-14(13)11-16/h2-3,5-6,9-11,15,17-18H,4,7-8,12H2,1H3. The zero-order valence-electron chi connectivity index (χ0n) is 11.4. The minimum absolute atomic E-state index is 0.423. The summed E-state index contributed by atoms with van der Waals surface area (Å²) in [4.78, 5) is 0. The van der Waals surface area contributed by atoms with E-state index in [4.69, 9.17) is 4.74 Å². The van der Waals surface area contributed by atoms with E-state index in [0.717, 1.165) is 6.42 Å². The van der Waals surface area contributed by atoms with Crippen LogP contribution in [0.2, 0.25) is 0 Å². The molecule has 1 N–H and O–H groups in total. The molecule has 2 heteroatoms. The molecule has 19 heavy (non-hydrogen) atoms. The lowest BCUT2D eigenvalue weighted by Crippen LogP contribution is -2.30. The normalized spacial score (nSPS) is 23.4. The highest BCUT2D eigenvalue weighted by Crippen LogP contribution is 2.25. The molecule has 0 saturated heterocycles. The number of hydrogen-bond acceptors (Lipinski definition) is 2. The molecule has 0 aromatic heterocycles. The summed E-state index contributed by atoms with van der Waals surface area (Å²) in [6, 6.07) is 15.6. The highest BCUT2D eigenvalue weighted by atomic mass is 16.5. The van der Waals surface area contributed by atoms with Gasteiger partial charge in [-0.3, -0.25) is 0 Å². The molecular formula is C17H21NO. The molecule has 0 amide bonds. The van der Waals surface area contributed by atoms with Gasteiger partial charge in [-0.25, -0.2) is 0 Å². The number of ether oxygens (including phenoxy) is 1. The summed E-state index contributed by atoms with van der Waals surface area (Å²) in [5.74, 6) is 0. The monoisotopic (exact) mass is 255 g/mol. The summed E-state index contributed by atoms with van der Waals surface area (Å²) < 4.78 is 5.49. The van der Waals surface area contributed by atoms with Crippen molar-refractivity contribution in [1.82, 2.24) is 0 Å². The first-order valence-corrected chi connectivity index (χ1v) is 7.13. The van der Waals surface area contributed by atoms with Crippen LogP contribution >= 0.6 is 0 Å². The summed E-state index contributed by atoms with van der Waals surface area (Å²) in [6.45, 7) is 0. The second-order valence-electron chi connectivity index (χ2n) is 5.43. The van der Waals surface area contributed by atoms with Crippen LogP contribution in [0.4, 0.5) is 5.69 Å². The van der Waals surface area contributed by atoms with Crippen molar-refractivity contribution >= 4 is 16.5 Å². The number of fused-ring (bicyclic) bond motifs is 1. The first kappa shape index (κ1) is 12.5. The fourth-order valence-electron chi connectivity index (χ4n) is 3.00. The highest BCUT2D eigenvalue weighted by molar-refractivity contribution is 5.85. The van der Waals surface area contributed by atoms with Crippen molar-refractivity contribution in [3.63, 3.8) is 0 Å². The Morgan fingerprint density at radius 3 is 2.74 bits per heavy atom. The van der Waals surface area contributed by atoms with Crippen molar-refractivity contribution < 1.29 is 4.74 Å². The van der Waals surface area contributed by atoms with Crippen LogP contribution in [0.1, 0.15) is 25.7 Å². The first-order valence-electron chi connectivity index (χ1n) is 7.13. The van der Waals surface area contributed by atoms with Gasteiger partial charge in [0.05, 0.1) is 6.10 Å². The maximum absolute atomic E-state index is 5.49. The maximum atomic E-state index is 5.49. The molecule has 1 aliphatic carbocycles. The van der Waals surface area contributed by atoms with Gasteiger partial charge < -0.3 is 10.1 Å². The lowest BCUT2D eigenvalue weighted by atomic mass is 9.92. The van der Waals surface area contributed by atoms with Crippen LogP contribution in [-0.2, 0) is 4.74 Å². The summed E-state index contributed by atoms with van der Waals surface area (Å²) in [5.41, 5.74) is 1.22. The third-order valence-corrected chi connectivity index (χ3v) is 4.08. The third kappa shape index (κ3) is 2.90. The zero-order chi connectivity index (χ0) is 13.1. The number of benzene rings is 2. The maximum Gasteiger partial charge on any atom is 0.0590 e. The number of anilines is 1. The van der Waals surface area contributed by atoms with E-state index >= 15 is 0 Å². The van der Waals surface area contributed by atoms with Crippen LogP contribution in [0.3, 0.4) is 0 Å². The zero-order valence-corrected chi connectivity index (χ0v) is 11.4. The molecule has 1 saturated carbocycles. The van der Waals surface area contributed by atoms with Gasteiger partial charge >= 0.3 is 0 Å². The topological polar surface area (TPSA) is 21.3 Å². The van der Waals surface area contributed by atoms with Gasteiger partial charge in [-0.05, 0) is 48.6 Å². The predicted octanol–water partition coefficient (Wildman–Crippen LogP) is 4.21. The minimum Gasteiger partial charge on any atom is -0.382 e. The van der Waals surface area contributed by atoms with Crippen LogP contribution in [-0.4, -0.2) is 19.3 Å². The molecule has 2 aromatic carbocycles. The molecular weight excluding hydrogens is 234 g/mol. The second-order valence-corrected chi connectivity index (χ2v) is 5.43. The lowest BCUT2D eigenvalue weighted by molar-refractivity contribution is 0.0669.